The molecule has 0 radical (unpaired) electrons. The van der Waals surface area contributed by atoms with Crippen LogP contribution >= 0.6 is 11.6 Å². The van der Waals surface area contributed by atoms with Crippen LogP contribution in [0.2, 0.25) is 5.02 Å². The number of anilines is 1. The van der Waals surface area contributed by atoms with Crippen molar-refractivity contribution in [2.24, 2.45) is 0 Å². The Hall–Kier alpha value is -1.96. The van der Waals surface area contributed by atoms with Crippen LogP contribution in [0.15, 0.2) is 47.4 Å². The summed E-state index contributed by atoms with van der Waals surface area (Å²) in [5.74, 6) is -0.766. The average molecular weight is 439 g/mol. The van der Waals surface area contributed by atoms with Gasteiger partial charge in [-0.2, -0.15) is 4.31 Å². The molecule has 0 unspecified atom stereocenters. The first-order valence-electron chi connectivity index (χ1n) is 9.71. The summed E-state index contributed by atoms with van der Waals surface area (Å²) in [6.07, 6.45) is 3.62. The molecule has 2 aromatic rings. The molecule has 1 aliphatic rings. The van der Waals surface area contributed by atoms with Crippen LogP contribution < -0.4 is 4.90 Å². The monoisotopic (exact) mass is 438 g/mol. The molecule has 5 nitrogen and oxygen atoms in total. The van der Waals surface area contributed by atoms with Crippen molar-refractivity contribution in [3.63, 3.8) is 0 Å². The molecule has 156 valence electrons. The molecule has 1 aliphatic heterocycles. The Labute approximate surface area is 176 Å². The van der Waals surface area contributed by atoms with Gasteiger partial charge in [-0.05, 0) is 62.2 Å². The number of hydrogen-bond acceptors (Lipinski definition) is 3. The third-order valence-electron chi connectivity index (χ3n) is 5.06. The molecule has 2 aromatic carbocycles. The second kappa shape index (κ2) is 9.24. The molecule has 0 spiro atoms. The summed E-state index contributed by atoms with van der Waals surface area (Å²) in [6, 6.07) is 9.89. The number of benzene rings is 2. The van der Waals surface area contributed by atoms with E-state index in [0.717, 1.165) is 25.7 Å². The molecule has 3 rings (SSSR count). The summed E-state index contributed by atoms with van der Waals surface area (Å²) >= 11 is 6.22. The Balaban J connectivity index is 1.95. The Kier molecular flexibility index (Phi) is 6.93. The molecule has 1 saturated heterocycles. The number of rotatable bonds is 5. The summed E-state index contributed by atoms with van der Waals surface area (Å²) in [6.45, 7) is 3.05. The summed E-state index contributed by atoms with van der Waals surface area (Å²) < 4.78 is 41.0. The van der Waals surface area contributed by atoms with Crippen LogP contribution in [0.3, 0.4) is 0 Å². The van der Waals surface area contributed by atoms with Crippen LogP contribution in [0.4, 0.5) is 10.1 Å². The number of sulfonamides is 1. The van der Waals surface area contributed by atoms with Gasteiger partial charge >= 0.3 is 0 Å². The first-order valence-corrected chi connectivity index (χ1v) is 11.5. The van der Waals surface area contributed by atoms with Gasteiger partial charge in [-0.3, -0.25) is 4.79 Å². The minimum atomic E-state index is -3.79. The van der Waals surface area contributed by atoms with E-state index in [1.807, 2.05) is 0 Å². The third-order valence-corrected chi connectivity index (χ3v) is 7.44. The average Bonchev–Trinajstić information content (AvgIpc) is 3.00. The van der Waals surface area contributed by atoms with E-state index in [2.05, 4.69) is 0 Å². The Morgan fingerprint density at radius 2 is 1.69 bits per heavy atom. The molecule has 1 amide bonds. The zero-order chi connectivity index (χ0) is 21.0. The standard InChI is InChI=1S/C21H24ClFN2O3S/c1-2-25(18-10-8-17(23)9-11-18)21(26)16-7-12-19(22)20(15-16)29(27,28)24-13-5-3-4-6-14-24/h7-12,15H,2-6,13-14H2,1H3. The van der Waals surface area contributed by atoms with Crippen LogP contribution in [-0.2, 0) is 10.0 Å². The van der Waals surface area contributed by atoms with E-state index in [9.17, 15) is 17.6 Å². The first kappa shape index (κ1) is 21.7. The van der Waals surface area contributed by atoms with Crippen molar-refractivity contribution in [2.75, 3.05) is 24.5 Å². The van der Waals surface area contributed by atoms with Crippen molar-refractivity contribution >= 4 is 33.2 Å². The highest BCUT2D eigenvalue weighted by atomic mass is 35.5. The van der Waals surface area contributed by atoms with Crippen LogP contribution in [0.5, 0.6) is 0 Å². The highest BCUT2D eigenvalue weighted by Crippen LogP contribution is 2.29. The van der Waals surface area contributed by atoms with Crippen molar-refractivity contribution in [1.82, 2.24) is 4.31 Å². The van der Waals surface area contributed by atoms with Gasteiger partial charge < -0.3 is 4.90 Å². The number of amides is 1. The molecular weight excluding hydrogens is 415 g/mol. The number of nitrogens with zero attached hydrogens (tertiary/aromatic N) is 2. The normalized spacial score (nSPS) is 15.7. The van der Waals surface area contributed by atoms with Crippen LogP contribution in [0.1, 0.15) is 43.0 Å². The highest BCUT2D eigenvalue weighted by molar-refractivity contribution is 7.89. The van der Waals surface area contributed by atoms with Gasteiger partial charge in [0, 0.05) is 30.9 Å². The molecule has 0 bridgehead atoms. The smallest absolute Gasteiger partial charge is 0.258 e. The molecule has 1 heterocycles. The molecule has 8 heteroatoms. The minimum absolute atomic E-state index is 0.0536. The summed E-state index contributed by atoms with van der Waals surface area (Å²) in [5, 5.41) is 0.0932. The molecule has 0 saturated carbocycles. The number of halogens is 2. The highest BCUT2D eigenvalue weighted by Gasteiger charge is 2.29. The lowest BCUT2D eigenvalue weighted by molar-refractivity contribution is 0.0988. The predicted molar refractivity (Wildman–Crippen MR) is 112 cm³/mol. The van der Waals surface area contributed by atoms with Gasteiger partial charge in [-0.25, -0.2) is 12.8 Å². The predicted octanol–water partition coefficient (Wildman–Crippen LogP) is 4.71. The minimum Gasteiger partial charge on any atom is -0.309 e. The van der Waals surface area contributed by atoms with Crippen LogP contribution in [-0.4, -0.2) is 38.3 Å². The van der Waals surface area contributed by atoms with E-state index < -0.39 is 15.8 Å². The van der Waals surface area contributed by atoms with E-state index >= 15 is 0 Å². The number of carbonyl (C=O) groups is 1. The van der Waals surface area contributed by atoms with Gasteiger partial charge in [0.1, 0.15) is 10.7 Å². The largest absolute Gasteiger partial charge is 0.309 e. The molecule has 0 aliphatic carbocycles. The summed E-state index contributed by atoms with van der Waals surface area (Å²) in [4.78, 5) is 14.5. The SMILES string of the molecule is CCN(C(=O)c1ccc(Cl)c(S(=O)(=O)N2CCCCCC2)c1)c1ccc(F)cc1. The van der Waals surface area contributed by atoms with Gasteiger partial charge in [0.05, 0.1) is 5.02 Å². The van der Waals surface area contributed by atoms with Gasteiger partial charge in [-0.15, -0.1) is 0 Å². The van der Waals surface area contributed by atoms with Crippen molar-refractivity contribution in [1.29, 1.82) is 0 Å². The molecule has 29 heavy (non-hydrogen) atoms. The van der Waals surface area contributed by atoms with E-state index in [0.29, 0.717) is 25.3 Å². The molecule has 1 fully saturated rings. The summed E-state index contributed by atoms with van der Waals surface area (Å²) in [5.41, 5.74) is 0.750. The lowest BCUT2D eigenvalue weighted by Gasteiger charge is -2.23. The van der Waals surface area contributed by atoms with Crippen molar-refractivity contribution in [3.8, 4) is 0 Å². The Morgan fingerprint density at radius 1 is 1.07 bits per heavy atom. The van der Waals surface area contributed by atoms with Gasteiger partial charge in [-0.1, -0.05) is 24.4 Å². The maximum absolute atomic E-state index is 13.2. The Morgan fingerprint density at radius 3 is 2.28 bits per heavy atom. The van der Waals surface area contributed by atoms with E-state index in [1.54, 1.807) is 6.92 Å². The lowest BCUT2D eigenvalue weighted by Crippen LogP contribution is -2.33. The first-order chi connectivity index (χ1) is 13.8. The lowest BCUT2D eigenvalue weighted by atomic mass is 10.1. The second-order valence-electron chi connectivity index (χ2n) is 6.99. The van der Waals surface area contributed by atoms with Gasteiger partial charge in [0.2, 0.25) is 10.0 Å². The molecule has 0 atom stereocenters. The van der Waals surface area contributed by atoms with Crippen LogP contribution in [0.25, 0.3) is 0 Å². The fraction of sp³-hybridized carbons (Fsp3) is 0.381. The molecule has 0 N–H and O–H groups in total. The fourth-order valence-corrected chi connectivity index (χ4v) is 5.49. The summed E-state index contributed by atoms with van der Waals surface area (Å²) in [7, 11) is -3.79. The Bertz CT molecular complexity index is 972. The van der Waals surface area contributed by atoms with E-state index in [-0.39, 0.29) is 21.4 Å². The maximum atomic E-state index is 13.2. The van der Waals surface area contributed by atoms with E-state index in [4.69, 9.17) is 11.6 Å². The maximum Gasteiger partial charge on any atom is 0.258 e. The van der Waals surface area contributed by atoms with Gasteiger partial charge in [0.15, 0.2) is 0 Å². The third kappa shape index (κ3) is 4.79. The molecule has 0 aromatic heterocycles. The van der Waals surface area contributed by atoms with Crippen molar-refractivity contribution in [2.45, 2.75) is 37.5 Å². The fourth-order valence-electron chi connectivity index (χ4n) is 3.48. The van der Waals surface area contributed by atoms with Crippen molar-refractivity contribution < 1.29 is 17.6 Å². The second-order valence-corrected chi connectivity index (χ2v) is 9.30. The topological polar surface area (TPSA) is 57.7 Å². The number of hydrogen-bond donors (Lipinski definition) is 0. The van der Waals surface area contributed by atoms with Gasteiger partial charge in [0.25, 0.3) is 5.91 Å². The zero-order valence-electron chi connectivity index (χ0n) is 16.3. The molecular formula is C21H24ClFN2O3S. The number of carbonyl (C=O) groups excluding carboxylic acids is 1. The zero-order valence-corrected chi connectivity index (χ0v) is 17.8. The quantitative estimate of drug-likeness (QED) is 0.679. The van der Waals surface area contributed by atoms with Crippen LogP contribution in [0, 0.1) is 5.82 Å². The van der Waals surface area contributed by atoms with Crippen molar-refractivity contribution in [3.05, 3.63) is 58.9 Å². The van der Waals surface area contributed by atoms with E-state index in [1.165, 1.54) is 51.7 Å².